The van der Waals surface area contributed by atoms with E-state index >= 15 is 0 Å². The highest BCUT2D eigenvalue weighted by Crippen LogP contribution is 2.21. The van der Waals surface area contributed by atoms with Gasteiger partial charge in [-0.05, 0) is 33.2 Å². The Morgan fingerprint density at radius 2 is 2.12 bits per heavy atom. The van der Waals surface area contributed by atoms with Crippen molar-refractivity contribution in [2.24, 2.45) is 5.92 Å². The summed E-state index contributed by atoms with van der Waals surface area (Å²) in [5, 5.41) is 3.37. The maximum atomic E-state index is 11.3. The summed E-state index contributed by atoms with van der Waals surface area (Å²) in [6.45, 7) is 7.39. The molecule has 0 bridgehead atoms. The molecule has 1 aliphatic heterocycles. The molecule has 1 N–H and O–H groups in total. The number of nitrogens with zero attached hydrogens (tertiary/aromatic N) is 1. The third-order valence-corrected chi connectivity index (χ3v) is 3.63. The summed E-state index contributed by atoms with van der Waals surface area (Å²) in [7, 11) is 3.59. The molecule has 0 aromatic carbocycles. The average Bonchev–Trinajstić information content (AvgIpc) is 2.24. The van der Waals surface area contributed by atoms with Gasteiger partial charge in [0.05, 0.1) is 7.11 Å². The highest BCUT2D eigenvalue weighted by Gasteiger charge is 2.30. The van der Waals surface area contributed by atoms with Crippen molar-refractivity contribution in [1.82, 2.24) is 10.2 Å². The highest BCUT2D eigenvalue weighted by molar-refractivity contribution is 5.75. The van der Waals surface area contributed by atoms with Gasteiger partial charge in [-0.2, -0.15) is 0 Å². The third-order valence-electron chi connectivity index (χ3n) is 3.63. The van der Waals surface area contributed by atoms with Gasteiger partial charge < -0.3 is 15.0 Å². The smallest absolute Gasteiger partial charge is 0.322 e. The predicted molar refractivity (Wildman–Crippen MR) is 64.3 cm³/mol. The minimum absolute atomic E-state index is 0.182. The number of methoxy groups -OCH3 is 1. The highest BCUT2D eigenvalue weighted by atomic mass is 16.5. The molecule has 1 heterocycles. The number of esters is 1. The first kappa shape index (κ1) is 13.5. The van der Waals surface area contributed by atoms with Crippen LogP contribution in [0.3, 0.4) is 0 Å². The minimum atomic E-state index is -0.215. The molecule has 1 saturated heterocycles. The van der Waals surface area contributed by atoms with Crippen molar-refractivity contribution in [2.75, 3.05) is 20.7 Å². The molecule has 4 nitrogen and oxygen atoms in total. The molecule has 0 aromatic heterocycles. The van der Waals surface area contributed by atoms with E-state index in [1.807, 2.05) is 6.92 Å². The second-order valence-electron chi connectivity index (χ2n) is 5.02. The molecule has 1 aliphatic rings. The van der Waals surface area contributed by atoms with E-state index in [-0.39, 0.29) is 12.0 Å². The zero-order chi connectivity index (χ0) is 12.3. The van der Waals surface area contributed by atoms with Crippen molar-refractivity contribution in [3.63, 3.8) is 0 Å². The number of piperidine rings is 1. The van der Waals surface area contributed by atoms with Crippen LogP contribution in [-0.4, -0.2) is 49.7 Å². The Bertz CT molecular complexity index is 245. The largest absolute Gasteiger partial charge is 0.468 e. The number of hydrogen-bond acceptors (Lipinski definition) is 4. The number of ether oxygens (including phenoxy) is 1. The van der Waals surface area contributed by atoms with Gasteiger partial charge in [0.1, 0.15) is 6.04 Å². The minimum Gasteiger partial charge on any atom is -0.468 e. The standard InChI is InChI=1S/C12H24N2O2/c1-8-7-14(4)9(2)6-11(8)13-10(3)12(15)16-5/h8-11,13H,6-7H2,1-5H3. The molecule has 0 aliphatic carbocycles. The Balaban J connectivity index is 2.50. The molecule has 4 heteroatoms. The van der Waals surface area contributed by atoms with E-state index in [2.05, 4.69) is 31.1 Å². The van der Waals surface area contributed by atoms with Crippen molar-refractivity contribution >= 4 is 5.97 Å². The van der Waals surface area contributed by atoms with Crippen molar-refractivity contribution < 1.29 is 9.53 Å². The Kier molecular flexibility index (Phi) is 4.74. The Morgan fingerprint density at radius 3 is 2.69 bits per heavy atom. The fraction of sp³-hybridized carbons (Fsp3) is 0.917. The molecular formula is C12H24N2O2. The van der Waals surface area contributed by atoms with Crippen LogP contribution in [0.4, 0.5) is 0 Å². The molecular weight excluding hydrogens is 204 g/mol. The van der Waals surface area contributed by atoms with E-state index in [4.69, 9.17) is 4.74 Å². The van der Waals surface area contributed by atoms with Gasteiger partial charge >= 0.3 is 5.97 Å². The van der Waals surface area contributed by atoms with Gasteiger partial charge in [-0.15, -0.1) is 0 Å². The van der Waals surface area contributed by atoms with Crippen LogP contribution >= 0.6 is 0 Å². The quantitative estimate of drug-likeness (QED) is 0.728. The van der Waals surface area contributed by atoms with Gasteiger partial charge in [-0.25, -0.2) is 0 Å². The van der Waals surface area contributed by atoms with Crippen LogP contribution in [0.5, 0.6) is 0 Å². The molecule has 0 spiro atoms. The van der Waals surface area contributed by atoms with Crippen molar-refractivity contribution in [3.8, 4) is 0 Å². The summed E-state index contributed by atoms with van der Waals surface area (Å²) in [6, 6.07) is 0.756. The zero-order valence-corrected chi connectivity index (χ0v) is 11.0. The molecule has 0 amide bonds. The van der Waals surface area contributed by atoms with E-state index < -0.39 is 0 Å². The van der Waals surface area contributed by atoms with Gasteiger partial charge in [0, 0.05) is 18.6 Å². The second kappa shape index (κ2) is 5.64. The summed E-state index contributed by atoms with van der Waals surface area (Å²) >= 11 is 0. The fourth-order valence-electron chi connectivity index (χ4n) is 2.34. The second-order valence-corrected chi connectivity index (χ2v) is 5.02. The van der Waals surface area contributed by atoms with Crippen LogP contribution in [0.25, 0.3) is 0 Å². The molecule has 16 heavy (non-hydrogen) atoms. The number of carbonyl (C=O) groups is 1. The number of hydrogen-bond donors (Lipinski definition) is 1. The first-order chi connectivity index (χ1) is 7.45. The van der Waals surface area contributed by atoms with Crippen LogP contribution in [0.15, 0.2) is 0 Å². The summed E-state index contributed by atoms with van der Waals surface area (Å²) in [5.74, 6) is 0.382. The average molecular weight is 228 g/mol. The molecule has 4 atom stereocenters. The lowest BCUT2D eigenvalue weighted by Gasteiger charge is -2.40. The number of likely N-dealkylation sites (tertiary alicyclic amines) is 1. The van der Waals surface area contributed by atoms with Crippen molar-refractivity contribution in [1.29, 1.82) is 0 Å². The SMILES string of the molecule is COC(=O)C(C)NC1CC(C)N(C)CC1C. The number of carbonyl (C=O) groups excluding carboxylic acids is 1. The van der Waals surface area contributed by atoms with E-state index in [1.54, 1.807) is 0 Å². The molecule has 0 saturated carbocycles. The van der Waals surface area contributed by atoms with Crippen molar-refractivity contribution in [2.45, 2.75) is 45.3 Å². The topological polar surface area (TPSA) is 41.6 Å². The zero-order valence-electron chi connectivity index (χ0n) is 11.0. The molecule has 1 rings (SSSR count). The van der Waals surface area contributed by atoms with E-state index in [1.165, 1.54) is 7.11 Å². The van der Waals surface area contributed by atoms with Gasteiger partial charge in [0.15, 0.2) is 0 Å². The van der Waals surface area contributed by atoms with Crippen molar-refractivity contribution in [3.05, 3.63) is 0 Å². The van der Waals surface area contributed by atoms with Gasteiger partial charge in [0.25, 0.3) is 0 Å². The summed E-state index contributed by atoms with van der Waals surface area (Å²) in [6.07, 6.45) is 1.08. The van der Waals surface area contributed by atoms with E-state index in [0.717, 1.165) is 13.0 Å². The van der Waals surface area contributed by atoms with E-state index in [9.17, 15) is 4.79 Å². The lowest BCUT2D eigenvalue weighted by Crippen LogP contribution is -2.54. The first-order valence-electron chi connectivity index (χ1n) is 5.99. The summed E-state index contributed by atoms with van der Waals surface area (Å²) in [4.78, 5) is 13.7. The van der Waals surface area contributed by atoms with Gasteiger partial charge in [-0.1, -0.05) is 6.92 Å². The van der Waals surface area contributed by atoms with Crippen LogP contribution in [0.1, 0.15) is 27.2 Å². The summed E-state index contributed by atoms with van der Waals surface area (Å²) in [5.41, 5.74) is 0. The number of rotatable bonds is 3. The molecule has 1 fully saturated rings. The van der Waals surface area contributed by atoms with Gasteiger partial charge in [-0.3, -0.25) is 4.79 Å². The predicted octanol–water partition coefficient (Wildman–Crippen LogP) is 0.866. The van der Waals surface area contributed by atoms with Crippen LogP contribution in [0, 0.1) is 5.92 Å². The van der Waals surface area contributed by atoms with Crippen LogP contribution < -0.4 is 5.32 Å². The van der Waals surface area contributed by atoms with Crippen LogP contribution in [-0.2, 0) is 9.53 Å². The van der Waals surface area contributed by atoms with Gasteiger partial charge in [0.2, 0.25) is 0 Å². The molecule has 4 unspecified atom stereocenters. The van der Waals surface area contributed by atoms with E-state index in [0.29, 0.717) is 18.0 Å². The molecule has 0 aromatic rings. The lowest BCUT2D eigenvalue weighted by atomic mass is 9.89. The monoisotopic (exact) mass is 228 g/mol. The Labute approximate surface area is 98.3 Å². The fourth-order valence-corrected chi connectivity index (χ4v) is 2.34. The third kappa shape index (κ3) is 3.19. The Hall–Kier alpha value is -0.610. The lowest BCUT2D eigenvalue weighted by molar-refractivity contribution is -0.143. The maximum Gasteiger partial charge on any atom is 0.322 e. The normalized spacial score (nSPS) is 33.4. The molecule has 94 valence electrons. The molecule has 0 radical (unpaired) electrons. The number of nitrogens with one attached hydrogen (secondary N) is 1. The maximum absolute atomic E-state index is 11.3. The first-order valence-corrected chi connectivity index (χ1v) is 5.99. The van der Waals surface area contributed by atoms with Crippen LogP contribution in [0.2, 0.25) is 0 Å². The summed E-state index contributed by atoms with van der Waals surface area (Å²) < 4.78 is 4.72. The Morgan fingerprint density at radius 1 is 1.50 bits per heavy atom.